The van der Waals surface area contributed by atoms with Gasteiger partial charge in [0.25, 0.3) is 5.91 Å². The Morgan fingerprint density at radius 2 is 1.85 bits per heavy atom. The van der Waals surface area contributed by atoms with Crippen molar-refractivity contribution < 1.29 is 9.53 Å². The maximum absolute atomic E-state index is 12.8. The Balaban J connectivity index is 2.19. The largest absolute Gasteiger partial charge is 0.350 e. The summed E-state index contributed by atoms with van der Waals surface area (Å²) >= 11 is 0. The molecule has 0 N–H and O–H groups in total. The summed E-state index contributed by atoms with van der Waals surface area (Å²) in [5.41, 5.74) is 0.507. The van der Waals surface area contributed by atoms with Gasteiger partial charge < -0.3 is 9.64 Å². The molecule has 3 heteroatoms. The van der Waals surface area contributed by atoms with E-state index in [1.54, 1.807) is 0 Å². The monoisotopic (exact) mass is 275 g/mol. The van der Waals surface area contributed by atoms with Gasteiger partial charge in [0.2, 0.25) is 0 Å². The first kappa shape index (κ1) is 15.0. The molecule has 1 saturated heterocycles. The fraction of sp³-hybridized carbons (Fsp3) is 0.588. The average Bonchev–Trinajstić information content (AvgIpc) is 3.23. The second-order valence-electron chi connectivity index (χ2n) is 5.38. The zero-order valence-corrected chi connectivity index (χ0v) is 12.8. The molecule has 1 aliphatic rings. The summed E-state index contributed by atoms with van der Waals surface area (Å²) in [6.45, 7) is 7.68. The fourth-order valence-corrected chi connectivity index (χ4v) is 2.82. The van der Waals surface area contributed by atoms with Crippen molar-refractivity contribution in [2.75, 3.05) is 13.1 Å². The minimum atomic E-state index is -0.608. The third-order valence-electron chi connectivity index (χ3n) is 4.11. The molecule has 1 aliphatic heterocycles. The molecule has 0 aliphatic carbocycles. The molecule has 3 nitrogen and oxygen atoms in total. The van der Waals surface area contributed by atoms with Crippen LogP contribution in [0.25, 0.3) is 0 Å². The number of carbonyl (C=O) groups excluding carboxylic acids is 1. The highest BCUT2D eigenvalue weighted by molar-refractivity contribution is 5.89. The Kier molecular flexibility index (Phi) is 4.81. The minimum absolute atomic E-state index is 0.0663. The van der Waals surface area contributed by atoms with Crippen molar-refractivity contribution in [3.63, 3.8) is 0 Å². The molecule has 1 amide bonds. The summed E-state index contributed by atoms with van der Waals surface area (Å²) in [7, 11) is 0. The average molecular weight is 275 g/mol. The predicted octanol–water partition coefficient (Wildman–Crippen LogP) is 3.56. The van der Waals surface area contributed by atoms with Crippen LogP contribution in [0.1, 0.15) is 51.7 Å². The molecular weight excluding hydrogens is 250 g/mol. The van der Waals surface area contributed by atoms with Gasteiger partial charge in [0.05, 0.1) is 0 Å². The van der Waals surface area contributed by atoms with E-state index in [1.165, 1.54) is 0 Å². The van der Waals surface area contributed by atoms with Crippen LogP contribution in [0.4, 0.5) is 0 Å². The lowest BCUT2D eigenvalue weighted by molar-refractivity contribution is -0.136. The number of unbranched alkanes of at least 4 members (excludes halogenated alkanes) is 1. The van der Waals surface area contributed by atoms with E-state index in [1.807, 2.05) is 49.1 Å². The molecule has 2 rings (SSSR count). The maximum atomic E-state index is 12.8. The number of likely N-dealkylation sites (N-methyl/N-ethyl adjacent to an activating group) is 1. The van der Waals surface area contributed by atoms with Crippen LogP contribution >= 0.6 is 0 Å². The van der Waals surface area contributed by atoms with Gasteiger partial charge in [-0.3, -0.25) is 4.79 Å². The number of hydrogen-bond donors (Lipinski definition) is 0. The molecule has 110 valence electrons. The van der Waals surface area contributed by atoms with Crippen molar-refractivity contribution in [2.45, 2.75) is 51.7 Å². The standard InChI is InChI=1S/C17H25NO2/c1-4-7-13-17(16(19)18(5-2)6-3)15(20-17)14-11-9-8-10-12-14/h8-12,15H,4-7,13H2,1-3H3. The van der Waals surface area contributed by atoms with E-state index in [0.29, 0.717) is 0 Å². The summed E-state index contributed by atoms with van der Waals surface area (Å²) in [5.74, 6) is 0.157. The number of amides is 1. The number of carbonyl (C=O) groups is 1. The molecule has 0 aromatic heterocycles. The van der Waals surface area contributed by atoms with Gasteiger partial charge in [-0.05, 0) is 25.8 Å². The number of nitrogens with zero attached hydrogens (tertiary/aromatic N) is 1. The number of benzene rings is 1. The molecule has 0 radical (unpaired) electrons. The summed E-state index contributed by atoms with van der Waals surface area (Å²) < 4.78 is 5.95. The Morgan fingerprint density at radius 3 is 2.40 bits per heavy atom. The Morgan fingerprint density at radius 1 is 1.20 bits per heavy atom. The van der Waals surface area contributed by atoms with Gasteiger partial charge in [0.15, 0.2) is 5.60 Å². The lowest BCUT2D eigenvalue weighted by Crippen LogP contribution is -2.41. The van der Waals surface area contributed by atoms with E-state index in [0.717, 1.165) is 37.9 Å². The first-order chi connectivity index (χ1) is 9.69. The highest BCUT2D eigenvalue weighted by atomic mass is 16.6. The smallest absolute Gasteiger partial charge is 0.257 e. The van der Waals surface area contributed by atoms with Crippen molar-refractivity contribution in [3.05, 3.63) is 35.9 Å². The maximum Gasteiger partial charge on any atom is 0.257 e. The Bertz CT molecular complexity index is 442. The zero-order chi connectivity index (χ0) is 14.6. The third kappa shape index (κ3) is 2.73. The molecule has 2 atom stereocenters. The molecule has 20 heavy (non-hydrogen) atoms. The van der Waals surface area contributed by atoms with E-state index < -0.39 is 5.60 Å². The summed E-state index contributed by atoms with van der Waals surface area (Å²) in [6, 6.07) is 10.1. The lowest BCUT2D eigenvalue weighted by atomic mass is 9.92. The lowest BCUT2D eigenvalue weighted by Gasteiger charge is -2.23. The van der Waals surface area contributed by atoms with Crippen molar-refractivity contribution >= 4 is 5.91 Å². The molecule has 0 saturated carbocycles. The molecule has 0 spiro atoms. The minimum Gasteiger partial charge on any atom is -0.350 e. The van der Waals surface area contributed by atoms with E-state index in [2.05, 4.69) is 6.92 Å². The summed E-state index contributed by atoms with van der Waals surface area (Å²) in [4.78, 5) is 14.7. The second kappa shape index (κ2) is 6.40. The number of hydrogen-bond acceptors (Lipinski definition) is 2. The molecule has 2 unspecified atom stereocenters. The summed E-state index contributed by atoms with van der Waals surface area (Å²) in [6.07, 6.45) is 2.86. The van der Waals surface area contributed by atoms with Gasteiger partial charge in [-0.2, -0.15) is 0 Å². The quantitative estimate of drug-likeness (QED) is 0.713. The Hall–Kier alpha value is -1.35. The molecule has 1 fully saturated rings. The van der Waals surface area contributed by atoms with Crippen LogP contribution in [0.5, 0.6) is 0 Å². The van der Waals surface area contributed by atoms with Crippen LogP contribution in [-0.4, -0.2) is 29.5 Å². The number of epoxide rings is 1. The van der Waals surface area contributed by atoms with Crippen LogP contribution in [0.15, 0.2) is 30.3 Å². The molecule has 1 heterocycles. The number of rotatable bonds is 7. The van der Waals surface area contributed by atoms with E-state index in [4.69, 9.17) is 4.74 Å². The van der Waals surface area contributed by atoms with Crippen LogP contribution in [0.3, 0.4) is 0 Å². The van der Waals surface area contributed by atoms with Crippen molar-refractivity contribution in [1.82, 2.24) is 4.90 Å². The topological polar surface area (TPSA) is 32.8 Å². The molecule has 0 bridgehead atoms. The molecule has 1 aromatic rings. The zero-order valence-electron chi connectivity index (χ0n) is 12.8. The van der Waals surface area contributed by atoms with Crippen molar-refractivity contribution in [3.8, 4) is 0 Å². The van der Waals surface area contributed by atoms with Crippen molar-refractivity contribution in [1.29, 1.82) is 0 Å². The van der Waals surface area contributed by atoms with Gasteiger partial charge in [-0.25, -0.2) is 0 Å². The van der Waals surface area contributed by atoms with E-state index >= 15 is 0 Å². The highest BCUT2D eigenvalue weighted by Gasteiger charge is 2.63. The summed E-state index contributed by atoms with van der Waals surface area (Å²) in [5, 5.41) is 0. The first-order valence-corrected chi connectivity index (χ1v) is 7.71. The van der Waals surface area contributed by atoms with Gasteiger partial charge in [0, 0.05) is 13.1 Å². The van der Waals surface area contributed by atoms with Crippen LogP contribution < -0.4 is 0 Å². The van der Waals surface area contributed by atoms with Gasteiger partial charge in [0.1, 0.15) is 6.10 Å². The number of ether oxygens (including phenoxy) is 1. The van der Waals surface area contributed by atoms with E-state index in [-0.39, 0.29) is 12.0 Å². The van der Waals surface area contributed by atoms with Crippen LogP contribution in [0, 0.1) is 0 Å². The molecule has 1 aromatic carbocycles. The van der Waals surface area contributed by atoms with Crippen LogP contribution in [0.2, 0.25) is 0 Å². The van der Waals surface area contributed by atoms with Crippen molar-refractivity contribution in [2.24, 2.45) is 0 Å². The van der Waals surface area contributed by atoms with Gasteiger partial charge in [-0.15, -0.1) is 0 Å². The van der Waals surface area contributed by atoms with Gasteiger partial charge in [-0.1, -0.05) is 50.1 Å². The second-order valence-corrected chi connectivity index (χ2v) is 5.38. The Labute approximate surface area is 121 Å². The van der Waals surface area contributed by atoms with Crippen LogP contribution in [-0.2, 0) is 9.53 Å². The van der Waals surface area contributed by atoms with E-state index in [9.17, 15) is 4.79 Å². The normalized spacial score (nSPS) is 24.4. The SMILES string of the molecule is CCCCC1(C(=O)N(CC)CC)OC1c1ccccc1. The first-order valence-electron chi connectivity index (χ1n) is 7.71. The predicted molar refractivity (Wildman–Crippen MR) is 80.5 cm³/mol. The fourth-order valence-electron chi connectivity index (χ4n) is 2.82. The third-order valence-corrected chi connectivity index (χ3v) is 4.11. The van der Waals surface area contributed by atoms with Gasteiger partial charge >= 0.3 is 0 Å². The highest BCUT2D eigenvalue weighted by Crippen LogP contribution is 2.53. The molecular formula is C17H25NO2.